The molecule has 0 saturated carbocycles. The van der Waals surface area contributed by atoms with Gasteiger partial charge in [0.05, 0.1) is 0 Å². The van der Waals surface area contributed by atoms with Gasteiger partial charge in [0.15, 0.2) is 5.96 Å². The van der Waals surface area contributed by atoms with Crippen molar-refractivity contribution >= 4 is 17.6 Å². The van der Waals surface area contributed by atoms with E-state index >= 15 is 0 Å². The van der Waals surface area contributed by atoms with Crippen LogP contribution < -0.4 is 0 Å². The summed E-state index contributed by atoms with van der Waals surface area (Å²) in [7, 11) is 7.70. The minimum Gasteiger partial charge on any atom is -0.349 e. The topological polar surface area (TPSA) is 18.8 Å². The van der Waals surface area contributed by atoms with Crippen LogP contribution in [-0.2, 0) is 6.42 Å². The van der Waals surface area contributed by atoms with Crippen molar-refractivity contribution in [1.29, 1.82) is 0 Å². The number of aliphatic imine (C=N–C) groups is 1. The van der Waals surface area contributed by atoms with Crippen molar-refractivity contribution in [2.24, 2.45) is 4.99 Å². The van der Waals surface area contributed by atoms with Gasteiger partial charge in [0.25, 0.3) is 0 Å². The number of nitrogens with zero attached hydrogens (tertiary/aromatic N) is 3. The van der Waals surface area contributed by atoms with E-state index in [4.69, 9.17) is 11.6 Å². The van der Waals surface area contributed by atoms with Crippen molar-refractivity contribution in [3.8, 4) is 0 Å². The summed E-state index contributed by atoms with van der Waals surface area (Å²) in [5.74, 6) is 0.580. The van der Waals surface area contributed by atoms with Gasteiger partial charge in [0.1, 0.15) is 5.82 Å². The lowest BCUT2D eigenvalue weighted by molar-refractivity contribution is 0.479. The summed E-state index contributed by atoms with van der Waals surface area (Å²) in [4.78, 5) is 8.28. The first kappa shape index (κ1) is 14.8. The average molecular weight is 272 g/mol. The molecule has 0 fully saturated rings. The van der Waals surface area contributed by atoms with Crippen LogP contribution in [0.2, 0.25) is 5.02 Å². The van der Waals surface area contributed by atoms with E-state index in [1.807, 2.05) is 38.0 Å². The van der Waals surface area contributed by atoms with Gasteiger partial charge in [-0.05, 0) is 18.6 Å². The van der Waals surface area contributed by atoms with Gasteiger partial charge in [0.2, 0.25) is 0 Å². The molecule has 0 aliphatic carbocycles. The summed E-state index contributed by atoms with van der Waals surface area (Å²) < 4.78 is 13.5. The Hall–Kier alpha value is -1.29. The Labute approximate surface area is 113 Å². The normalized spacial score (nSPS) is 10.1. The first-order valence-corrected chi connectivity index (χ1v) is 6.13. The molecule has 1 aromatic carbocycles. The maximum atomic E-state index is 13.5. The van der Waals surface area contributed by atoms with E-state index < -0.39 is 0 Å². The lowest BCUT2D eigenvalue weighted by atomic mass is 10.1. The van der Waals surface area contributed by atoms with E-state index in [0.29, 0.717) is 23.6 Å². The molecule has 3 nitrogen and oxygen atoms in total. The fourth-order valence-corrected chi connectivity index (χ4v) is 1.98. The van der Waals surface area contributed by atoms with Gasteiger partial charge in [-0.3, -0.25) is 4.99 Å². The average Bonchev–Trinajstić information content (AvgIpc) is 2.26. The summed E-state index contributed by atoms with van der Waals surface area (Å²) in [6.07, 6.45) is 0.497. The van der Waals surface area contributed by atoms with E-state index in [2.05, 4.69) is 4.99 Å². The predicted molar refractivity (Wildman–Crippen MR) is 74.8 cm³/mol. The lowest BCUT2D eigenvalue weighted by Crippen LogP contribution is -2.35. The first-order valence-electron chi connectivity index (χ1n) is 5.75. The quantitative estimate of drug-likeness (QED) is 0.621. The summed E-state index contributed by atoms with van der Waals surface area (Å²) >= 11 is 5.96. The Morgan fingerprint density at radius 2 is 1.83 bits per heavy atom. The van der Waals surface area contributed by atoms with Crippen LogP contribution in [0.3, 0.4) is 0 Å². The summed E-state index contributed by atoms with van der Waals surface area (Å²) in [5, 5.41) is 0.460. The van der Waals surface area contributed by atoms with Gasteiger partial charge >= 0.3 is 0 Å². The second-order valence-electron chi connectivity index (χ2n) is 4.42. The Kier molecular flexibility index (Phi) is 5.41. The molecule has 0 aliphatic rings. The van der Waals surface area contributed by atoms with Crippen molar-refractivity contribution in [3.63, 3.8) is 0 Å². The SMILES string of the molecule is CN(C)C(=NCCc1c(F)cccc1Cl)N(C)C. The Bertz CT molecular complexity index is 400. The van der Waals surface area contributed by atoms with Crippen LogP contribution in [-0.4, -0.2) is 50.5 Å². The van der Waals surface area contributed by atoms with Gasteiger partial charge in [-0.15, -0.1) is 0 Å². The number of benzene rings is 1. The molecule has 0 bridgehead atoms. The molecular formula is C13H19ClFN3. The fourth-order valence-electron chi connectivity index (χ4n) is 1.72. The van der Waals surface area contributed by atoms with E-state index in [1.54, 1.807) is 12.1 Å². The third-order valence-electron chi connectivity index (χ3n) is 2.48. The van der Waals surface area contributed by atoms with E-state index in [-0.39, 0.29) is 5.82 Å². The molecule has 0 spiro atoms. The largest absolute Gasteiger partial charge is 0.349 e. The van der Waals surface area contributed by atoms with Crippen LogP contribution in [0.4, 0.5) is 4.39 Å². The third-order valence-corrected chi connectivity index (χ3v) is 2.83. The standard InChI is InChI=1S/C13H19ClFN3/c1-17(2)13(18(3)4)16-9-8-10-11(14)6-5-7-12(10)15/h5-7H,8-9H2,1-4H3. The lowest BCUT2D eigenvalue weighted by Gasteiger charge is -2.22. The highest BCUT2D eigenvalue weighted by atomic mass is 35.5. The van der Waals surface area contributed by atoms with Gasteiger partial charge < -0.3 is 9.80 Å². The van der Waals surface area contributed by atoms with Crippen molar-refractivity contribution < 1.29 is 4.39 Å². The van der Waals surface area contributed by atoms with Crippen LogP contribution in [0.1, 0.15) is 5.56 Å². The Balaban J connectivity index is 2.74. The zero-order valence-electron chi connectivity index (χ0n) is 11.2. The van der Waals surface area contributed by atoms with Crippen molar-refractivity contribution in [1.82, 2.24) is 9.80 Å². The van der Waals surface area contributed by atoms with Crippen LogP contribution in [0.15, 0.2) is 23.2 Å². The highest BCUT2D eigenvalue weighted by Crippen LogP contribution is 2.19. The number of hydrogen-bond acceptors (Lipinski definition) is 1. The zero-order chi connectivity index (χ0) is 13.7. The minimum absolute atomic E-state index is 0.269. The molecule has 5 heteroatoms. The van der Waals surface area contributed by atoms with Crippen LogP contribution in [0, 0.1) is 5.82 Å². The predicted octanol–water partition coefficient (Wildman–Crippen LogP) is 2.50. The molecule has 1 rings (SSSR count). The maximum absolute atomic E-state index is 13.5. The molecule has 0 saturated heterocycles. The number of rotatable bonds is 3. The molecule has 100 valence electrons. The molecule has 0 aromatic heterocycles. The van der Waals surface area contributed by atoms with E-state index in [0.717, 1.165) is 5.96 Å². The number of guanidine groups is 1. The van der Waals surface area contributed by atoms with E-state index in [9.17, 15) is 4.39 Å². The summed E-state index contributed by atoms with van der Waals surface area (Å²) in [6.45, 7) is 0.506. The van der Waals surface area contributed by atoms with E-state index in [1.165, 1.54) is 6.07 Å². The molecule has 18 heavy (non-hydrogen) atoms. The maximum Gasteiger partial charge on any atom is 0.195 e. The molecule has 0 atom stereocenters. The molecule has 1 aromatic rings. The molecule has 0 unspecified atom stereocenters. The molecule has 0 radical (unpaired) electrons. The highest BCUT2D eigenvalue weighted by molar-refractivity contribution is 6.31. The Morgan fingerprint density at radius 1 is 1.22 bits per heavy atom. The monoisotopic (exact) mass is 271 g/mol. The molecule has 0 aliphatic heterocycles. The first-order chi connectivity index (χ1) is 8.43. The summed E-state index contributed by atoms with van der Waals surface area (Å²) in [5.41, 5.74) is 0.528. The second kappa shape index (κ2) is 6.59. The second-order valence-corrected chi connectivity index (χ2v) is 4.83. The zero-order valence-corrected chi connectivity index (χ0v) is 12.0. The van der Waals surface area contributed by atoms with Gasteiger partial charge in [-0.2, -0.15) is 0 Å². The number of hydrogen-bond donors (Lipinski definition) is 0. The Morgan fingerprint density at radius 3 is 2.33 bits per heavy atom. The number of halogens is 2. The van der Waals surface area contributed by atoms with Gasteiger partial charge in [-0.25, -0.2) is 4.39 Å². The van der Waals surface area contributed by atoms with Crippen molar-refractivity contribution in [2.75, 3.05) is 34.7 Å². The van der Waals surface area contributed by atoms with Crippen LogP contribution in [0.25, 0.3) is 0 Å². The fraction of sp³-hybridized carbons (Fsp3) is 0.462. The molecular weight excluding hydrogens is 253 g/mol. The molecule has 0 heterocycles. The third kappa shape index (κ3) is 3.88. The van der Waals surface area contributed by atoms with Gasteiger partial charge in [-0.1, -0.05) is 17.7 Å². The van der Waals surface area contributed by atoms with Crippen molar-refractivity contribution in [3.05, 3.63) is 34.6 Å². The molecule has 0 amide bonds. The molecule has 0 N–H and O–H groups in total. The summed E-state index contributed by atoms with van der Waals surface area (Å²) in [6, 6.07) is 4.72. The minimum atomic E-state index is -0.269. The van der Waals surface area contributed by atoms with Crippen molar-refractivity contribution in [2.45, 2.75) is 6.42 Å². The van der Waals surface area contributed by atoms with Gasteiger partial charge in [0, 0.05) is 45.3 Å². The van der Waals surface area contributed by atoms with Crippen LogP contribution in [0.5, 0.6) is 0 Å². The smallest absolute Gasteiger partial charge is 0.195 e. The highest BCUT2D eigenvalue weighted by Gasteiger charge is 2.07. The van der Waals surface area contributed by atoms with Crippen LogP contribution >= 0.6 is 11.6 Å².